The third kappa shape index (κ3) is 1.36. The highest BCUT2D eigenvalue weighted by Gasteiger charge is 2.22. The van der Waals surface area contributed by atoms with E-state index >= 15 is 0 Å². The summed E-state index contributed by atoms with van der Waals surface area (Å²) in [7, 11) is 0. The number of hydrogen-bond acceptors (Lipinski definition) is 0. The van der Waals surface area contributed by atoms with Crippen molar-refractivity contribution in [2.24, 2.45) is 5.92 Å². The topological polar surface area (TPSA) is 0 Å². The molecule has 1 aliphatic carbocycles. The molecule has 0 aromatic heterocycles. The molecule has 0 heterocycles. The van der Waals surface area contributed by atoms with Crippen molar-refractivity contribution in [2.75, 3.05) is 0 Å². The van der Waals surface area contributed by atoms with Crippen LogP contribution in [0.2, 0.25) is 0 Å². The van der Waals surface area contributed by atoms with Crippen LogP contribution in [0.4, 0.5) is 0 Å². The summed E-state index contributed by atoms with van der Waals surface area (Å²) in [5, 5.41) is 0. The van der Waals surface area contributed by atoms with E-state index in [1.54, 1.807) is 0 Å². The molecular weight excluding hydrogens is 211 g/mol. The number of rotatable bonds is 1. The van der Waals surface area contributed by atoms with Gasteiger partial charge in [-0.1, -0.05) is 42.4 Å². The van der Waals surface area contributed by atoms with Crippen LogP contribution < -0.4 is 0 Å². The van der Waals surface area contributed by atoms with E-state index in [1.165, 1.54) is 25.7 Å². The van der Waals surface area contributed by atoms with Gasteiger partial charge in [0.15, 0.2) is 0 Å². The first-order valence-electron chi connectivity index (χ1n) is 3.48. The van der Waals surface area contributed by atoms with Crippen LogP contribution in [0.1, 0.15) is 32.6 Å². The molecule has 0 bridgehead atoms. The fourth-order valence-electron chi connectivity index (χ4n) is 1.45. The van der Waals surface area contributed by atoms with Gasteiger partial charge in [0.2, 0.25) is 0 Å². The van der Waals surface area contributed by atoms with Crippen LogP contribution in [0.15, 0.2) is 0 Å². The molecule has 8 heavy (non-hydrogen) atoms. The summed E-state index contributed by atoms with van der Waals surface area (Å²) in [5.74, 6) is 1.05. The average molecular weight is 224 g/mol. The molecule has 0 N–H and O–H groups in total. The van der Waals surface area contributed by atoms with Gasteiger partial charge in [0.25, 0.3) is 0 Å². The molecule has 0 aromatic carbocycles. The van der Waals surface area contributed by atoms with E-state index in [1.807, 2.05) is 0 Å². The minimum Gasteiger partial charge on any atom is -0.0823 e. The molecule has 0 aromatic rings. The zero-order valence-electron chi connectivity index (χ0n) is 5.36. The number of alkyl halides is 1. The fraction of sp³-hybridized carbons (Fsp3) is 1.00. The lowest BCUT2D eigenvalue weighted by atomic mass is 10.1. The monoisotopic (exact) mass is 224 g/mol. The second-order valence-electron chi connectivity index (χ2n) is 2.62. The minimum atomic E-state index is 0.998. The Morgan fingerprint density at radius 1 is 1.50 bits per heavy atom. The Morgan fingerprint density at radius 3 is 2.50 bits per heavy atom. The molecule has 1 heteroatoms. The van der Waals surface area contributed by atoms with Gasteiger partial charge in [-0.15, -0.1) is 0 Å². The van der Waals surface area contributed by atoms with Crippen molar-refractivity contribution in [3.05, 3.63) is 0 Å². The van der Waals surface area contributed by atoms with Crippen LogP contribution in [-0.2, 0) is 0 Å². The molecule has 0 aliphatic heterocycles. The zero-order valence-corrected chi connectivity index (χ0v) is 7.52. The summed E-state index contributed by atoms with van der Waals surface area (Å²) in [6.07, 6.45) is 5.84. The van der Waals surface area contributed by atoms with Crippen LogP contribution in [0.25, 0.3) is 0 Å². The lowest BCUT2D eigenvalue weighted by molar-refractivity contribution is 0.552. The average Bonchev–Trinajstić information content (AvgIpc) is 2.14. The van der Waals surface area contributed by atoms with E-state index < -0.39 is 0 Å². The molecule has 0 radical (unpaired) electrons. The highest BCUT2D eigenvalue weighted by molar-refractivity contribution is 14.1. The summed E-state index contributed by atoms with van der Waals surface area (Å²) in [6.45, 7) is 2.31. The number of halogens is 1. The Balaban J connectivity index is 2.30. The number of hydrogen-bond donors (Lipinski definition) is 0. The van der Waals surface area contributed by atoms with Gasteiger partial charge in [0.05, 0.1) is 0 Å². The molecule has 1 fully saturated rings. The molecule has 48 valence electrons. The van der Waals surface area contributed by atoms with Crippen LogP contribution in [0, 0.1) is 5.92 Å². The molecule has 0 amide bonds. The Labute approximate surface area is 65.2 Å². The smallest absolute Gasteiger partial charge is 0.0138 e. The largest absolute Gasteiger partial charge is 0.0823 e. The Morgan fingerprint density at radius 2 is 2.25 bits per heavy atom. The fourth-order valence-corrected chi connectivity index (χ4v) is 2.76. The Bertz CT molecular complexity index is 70.8. The SMILES string of the molecule is CCC1CCC[C@@H]1I. The van der Waals surface area contributed by atoms with Crippen LogP contribution in [0.3, 0.4) is 0 Å². The second kappa shape index (κ2) is 3.04. The van der Waals surface area contributed by atoms with Gasteiger partial charge in [-0.05, 0) is 18.8 Å². The summed E-state index contributed by atoms with van der Waals surface area (Å²) in [4.78, 5) is 0. The van der Waals surface area contributed by atoms with E-state index in [4.69, 9.17) is 0 Å². The summed E-state index contributed by atoms with van der Waals surface area (Å²) < 4.78 is 0.998. The van der Waals surface area contributed by atoms with Gasteiger partial charge in [0, 0.05) is 3.92 Å². The maximum absolute atomic E-state index is 2.59. The van der Waals surface area contributed by atoms with Gasteiger partial charge < -0.3 is 0 Å². The van der Waals surface area contributed by atoms with Crippen molar-refractivity contribution in [1.29, 1.82) is 0 Å². The first-order chi connectivity index (χ1) is 3.84. The van der Waals surface area contributed by atoms with E-state index in [2.05, 4.69) is 29.5 Å². The van der Waals surface area contributed by atoms with E-state index in [-0.39, 0.29) is 0 Å². The first kappa shape index (κ1) is 6.84. The molecule has 0 spiro atoms. The lowest BCUT2D eigenvalue weighted by Gasteiger charge is -2.08. The van der Waals surface area contributed by atoms with Crippen molar-refractivity contribution in [1.82, 2.24) is 0 Å². The van der Waals surface area contributed by atoms with Crippen molar-refractivity contribution in [3.63, 3.8) is 0 Å². The first-order valence-corrected chi connectivity index (χ1v) is 4.73. The quantitative estimate of drug-likeness (QED) is 0.474. The third-order valence-corrected chi connectivity index (χ3v) is 3.73. The third-order valence-electron chi connectivity index (χ3n) is 2.09. The van der Waals surface area contributed by atoms with Gasteiger partial charge in [-0.3, -0.25) is 0 Å². The highest BCUT2D eigenvalue weighted by Crippen LogP contribution is 2.33. The normalized spacial score (nSPS) is 38.2. The molecule has 1 unspecified atom stereocenters. The van der Waals surface area contributed by atoms with Crippen molar-refractivity contribution < 1.29 is 0 Å². The second-order valence-corrected chi connectivity index (χ2v) is 4.22. The van der Waals surface area contributed by atoms with Gasteiger partial charge in [-0.2, -0.15) is 0 Å². The Kier molecular flexibility index (Phi) is 2.60. The molecule has 2 atom stereocenters. The lowest BCUT2D eigenvalue weighted by Crippen LogP contribution is -2.03. The van der Waals surface area contributed by atoms with Crippen LogP contribution >= 0.6 is 22.6 Å². The molecule has 1 saturated carbocycles. The molecule has 1 rings (SSSR count). The zero-order chi connectivity index (χ0) is 5.98. The molecule has 0 nitrogen and oxygen atoms in total. The highest BCUT2D eigenvalue weighted by atomic mass is 127. The molecular formula is C7H13I. The predicted molar refractivity (Wildman–Crippen MR) is 45.4 cm³/mol. The Hall–Kier alpha value is 0.730. The standard InChI is InChI=1S/C7H13I/c1-2-6-4-3-5-7(6)8/h6-7H,2-5H2,1H3/t6?,7-/m0/s1. The minimum absolute atomic E-state index is 0.998. The van der Waals surface area contributed by atoms with Crippen molar-refractivity contribution >= 4 is 22.6 Å². The maximum Gasteiger partial charge on any atom is 0.0138 e. The maximum atomic E-state index is 2.59. The van der Waals surface area contributed by atoms with Gasteiger partial charge >= 0.3 is 0 Å². The molecule has 0 saturated heterocycles. The summed E-state index contributed by atoms with van der Waals surface area (Å²) in [5.41, 5.74) is 0. The van der Waals surface area contributed by atoms with Crippen LogP contribution in [0.5, 0.6) is 0 Å². The predicted octanol–water partition coefficient (Wildman–Crippen LogP) is 3.00. The van der Waals surface area contributed by atoms with Gasteiger partial charge in [0.1, 0.15) is 0 Å². The summed E-state index contributed by atoms with van der Waals surface area (Å²) >= 11 is 2.59. The van der Waals surface area contributed by atoms with Gasteiger partial charge in [-0.25, -0.2) is 0 Å². The van der Waals surface area contributed by atoms with Crippen molar-refractivity contribution in [2.45, 2.75) is 36.5 Å². The van der Waals surface area contributed by atoms with Crippen molar-refractivity contribution in [3.8, 4) is 0 Å². The molecule has 1 aliphatic rings. The van der Waals surface area contributed by atoms with Crippen LogP contribution in [-0.4, -0.2) is 3.92 Å². The van der Waals surface area contributed by atoms with E-state index in [9.17, 15) is 0 Å². The van der Waals surface area contributed by atoms with E-state index in [0.29, 0.717) is 0 Å². The van der Waals surface area contributed by atoms with E-state index in [0.717, 1.165) is 9.84 Å². The summed E-state index contributed by atoms with van der Waals surface area (Å²) in [6, 6.07) is 0.